The van der Waals surface area contributed by atoms with Gasteiger partial charge in [-0.15, -0.1) is 0 Å². The summed E-state index contributed by atoms with van der Waals surface area (Å²) >= 11 is 0. The third-order valence-corrected chi connectivity index (χ3v) is 5.13. The van der Waals surface area contributed by atoms with Gasteiger partial charge in [-0.25, -0.2) is 0 Å². The number of benzene rings is 1. The molecule has 3 aromatic rings. The number of amides is 1. The Hall–Kier alpha value is -2.95. The average Bonchev–Trinajstić information content (AvgIpc) is 3.08. The number of rotatable bonds is 3. The smallest absolute Gasteiger partial charge is 0.253 e. The molecule has 3 heterocycles. The molecule has 5 nitrogen and oxygen atoms in total. The van der Waals surface area contributed by atoms with Crippen molar-refractivity contribution in [2.75, 3.05) is 13.1 Å². The van der Waals surface area contributed by atoms with E-state index in [0.717, 1.165) is 23.7 Å². The molecule has 2 aromatic heterocycles. The summed E-state index contributed by atoms with van der Waals surface area (Å²) in [4.78, 5) is 31.6. The van der Waals surface area contributed by atoms with E-state index in [-0.39, 0.29) is 17.6 Å². The Morgan fingerprint density at radius 2 is 2.04 bits per heavy atom. The van der Waals surface area contributed by atoms with Crippen LogP contribution in [0.2, 0.25) is 0 Å². The number of likely N-dealkylation sites (tertiary alicyclic amines) is 1. The van der Waals surface area contributed by atoms with E-state index in [9.17, 15) is 9.59 Å². The van der Waals surface area contributed by atoms with Gasteiger partial charge < -0.3 is 9.47 Å². The summed E-state index contributed by atoms with van der Waals surface area (Å²) in [6.07, 6.45) is 5.26. The topological polar surface area (TPSA) is 55.2 Å². The molecule has 26 heavy (non-hydrogen) atoms. The van der Waals surface area contributed by atoms with Crippen molar-refractivity contribution in [3.8, 4) is 0 Å². The molecule has 4 rings (SSSR count). The molecule has 1 aliphatic rings. The van der Waals surface area contributed by atoms with Crippen LogP contribution in [0.3, 0.4) is 0 Å². The first kappa shape index (κ1) is 16.5. The maximum atomic E-state index is 13.0. The van der Waals surface area contributed by atoms with Gasteiger partial charge in [0.25, 0.3) is 5.91 Å². The SMILES string of the molecule is Cn1ccc2ccc(C(=O)N3CCCC(C(=O)c4ccccn4)C3)cc21. The fourth-order valence-electron chi connectivity index (χ4n) is 3.67. The minimum absolute atomic E-state index is 0.00776. The van der Waals surface area contributed by atoms with Gasteiger partial charge in [0.1, 0.15) is 5.69 Å². The Labute approximate surface area is 152 Å². The minimum atomic E-state index is -0.179. The first-order chi connectivity index (χ1) is 12.6. The van der Waals surface area contributed by atoms with Crippen molar-refractivity contribution >= 4 is 22.6 Å². The Kier molecular flexibility index (Phi) is 4.29. The number of pyridine rings is 1. The molecule has 1 aromatic carbocycles. The number of fused-ring (bicyclic) bond motifs is 1. The van der Waals surface area contributed by atoms with Crippen LogP contribution in [0.5, 0.6) is 0 Å². The van der Waals surface area contributed by atoms with E-state index in [4.69, 9.17) is 0 Å². The van der Waals surface area contributed by atoms with Gasteiger partial charge in [-0.05, 0) is 48.6 Å². The van der Waals surface area contributed by atoms with Crippen LogP contribution in [0.15, 0.2) is 54.9 Å². The van der Waals surface area contributed by atoms with Gasteiger partial charge in [0, 0.05) is 49.5 Å². The van der Waals surface area contributed by atoms with Crippen molar-refractivity contribution in [1.82, 2.24) is 14.5 Å². The standard InChI is InChI=1S/C21H21N3O2/c1-23-12-9-15-7-8-16(13-19(15)23)21(26)24-11-4-5-17(14-24)20(25)18-6-2-3-10-22-18/h2-3,6-10,12-13,17H,4-5,11,14H2,1H3. The minimum Gasteiger partial charge on any atom is -0.351 e. The normalized spacial score (nSPS) is 17.4. The second kappa shape index (κ2) is 6.75. The largest absolute Gasteiger partial charge is 0.351 e. The van der Waals surface area contributed by atoms with Crippen molar-refractivity contribution in [1.29, 1.82) is 0 Å². The zero-order chi connectivity index (χ0) is 18.1. The van der Waals surface area contributed by atoms with Crippen LogP contribution in [-0.2, 0) is 7.05 Å². The Morgan fingerprint density at radius 1 is 1.15 bits per heavy atom. The molecule has 0 radical (unpaired) electrons. The molecule has 1 atom stereocenters. The number of carbonyl (C=O) groups excluding carboxylic acids is 2. The van der Waals surface area contributed by atoms with E-state index < -0.39 is 0 Å². The zero-order valence-corrected chi connectivity index (χ0v) is 14.8. The molecule has 0 bridgehead atoms. The second-order valence-corrected chi connectivity index (χ2v) is 6.87. The highest BCUT2D eigenvalue weighted by Crippen LogP contribution is 2.23. The Bertz CT molecular complexity index is 962. The highest BCUT2D eigenvalue weighted by atomic mass is 16.2. The molecular weight excluding hydrogens is 326 g/mol. The van der Waals surface area contributed by atoms with Gasteiger partial charge in [-0.1, -0.05) is 12.1 Å². The Morgan fingerprint density at radius 3 is 2.85 bits per heavy atom. The zero-order valence-electron chi connectivity index (χ0n) is 14.8. The highest BCUT2D eigenvalue weighted by molar-refractivity contribution is 5.99. The maximum Gasteiger partial charge on any atom is 0.253 e. The Balaban J connectivity index is 1.54. The highest BCUT2D eigenvalue weighted by Gasteiger charge is 2.30. The van der Waals surface area contributed by atoms with Gasteiger partial charge in [0.15, 0.2) is 5.78 Å². The van der Waals surface area contributed by atoms with E-state index >= 15 is 0 Å². The lowest BCUT2D eigenvalue weighted by atomic mass is 9.91. The third-order valence-electron chi connectivity index (χ3n) is 5.13. The van der Waals surface area contributed by atoms with E-state index in [2.05, 4.69) is 4.98 Å². The molecule has 5 heteroatoms. The molecule has 0 saturated carbocycles. The molecule has 1 aliphatic heterocycles. The fraction of sp³-hybridized carbons (Fsp3) is 0.286. The molecule has 0 N–H and O–H groups in total. The van der Waals surface area contributed by atoms with Crippen LogP contribution >= 0.6 is 0 Å². The fourth-order valence-corrected chi connectivity index (χ4v) is 3.67. The first-order valence-electron chi connectivity index (χ1n) is 8.93. The van der Waals surface area contributed by atoms with Crippen LogP contribution in [0.25, 0.3) is 10.9 Å². The predicted octanol–water partition coefficient (Wildman–Crippen LogP) is 3.31. The van der Waals surface area contributed by atoms with Crippen LogP contribution < -0.4 is 0 Å². The number of hydrogen-bond donors (Lipinski definition) is 0. The van der Waals surface area contributed by atoms with Gasteiger partial charge >= 0.3 is 0 Å². The van der Waals surface area contributed by atoms with Gasteiger partial charge in [-0.2, -0.15) is 0 Å². The molecule has 1 unspecified atom stereocenters. The van der Waals surface area contributed by atoms with Crippen molar-refractivity contribution in [3.05, 3.63) is 66.1 Å². The maximum absolute atomic E-state index is 13.0. The predicted molar refractivity (Wildman–Crippen MR) is 100 cm³/mol. The van der Waals surface area contributed by atoms with Crippen LogP contribution in [-0.4, -0.2) is 39.2 Å². The summed E-state index contributed by atoms with van der Waals surface area (Å²) in [6.45, 7) is 1.15. The number of carbonyl (C=O) groups is 2. The summed E-state index contributed by atoms with van der Waals surface area (Å²) in [5.41, 5.74) is 2.19. The van der Waals surface area contributed by atoms with Gasteiger partial charge in [0.2, 0.25) is 0 Å². The summed E-state index contributed by atoms with van der Waals surface area (Å²) in [6, 6.07) is 13.2. The lowest BCUT2D eigenvalue weighted by molar-refractivity contribution is 0.0635. The number of hydrogen-bond acceptors (Lipinski definition) is 3. The van der Waals surface area contributed by atoms with Crippen molar-refractivity contribution in [3.63, 3.8) is 0 Å². The molecule has 1 amide bonds. The summed E-state index contributed by atoms with van der Waals surface area (Å²) in [5.74, 6) is -0.158. The lowest BCUT2D eigenvalue weighted by Gasteiger charge is -2.32. The van der Waals surface area contributed by atoms with Gasteiger partial charge in [-0.3, -0.25) is 14.6 Å². The number of aromatic nitrogens is 2. The number of ketones is 1. The first-order valence-corrected chi connectivity index (χ1v) is 8.93. The monoisotopic (exact) mass is 347 g/mol. The lowest BCUT2D eigenvalue weighted by Crippen LogP contribution is -2.42. The number of nitrogens with zero attached hydrogens (tertiary/aromatic N) is 3. The van der Waals surface area contributed by atoms with E-state index in [1.165, 1.54) is 0 Å². The van der Waals surface area contributed by atoms with E-state index in [1.807, 2.05) is 48.1 Å². The van der Waals surface area contributed by atoms with Crippen LogP contribution in [0.1, 0.15) is 33.7 Å². The second-order valence-electron chi connectivity index (χ2n) is 6.87. The van der Waals surface area contributed by atoms with E-state index in [1.54, 1.807) is 23.2 Å². The van der Waals surface area contributed by atoms with E-state index in [0.29, 0.717) is 24.3 Å². The number of aryl methyl sites for hydroxylation is 1. The quantitative estimate of drug-likeness (QED) is 0.683. The van der Waals surface area contributed by atoms with Crippen molar-refractivity contribution in [2.24, 2.45) is 13.0 Å². The summed E-state index contributed by atoms with van der Waals surface area (Å²) < 4.78 is 2.01. The summed E-state index contributed by atoms with van der Waals surface area (Å²) in [5, 5.41) is 1.12. The van der Waals surface area contributed by atoms with Crippen molar-refractivity contribution in [2.45, 2.75) is 12.8 Å². The molecule has 132 valence electrons. The van der Waals surface area contributed by atoms with Crippen molar-refractivity contribution < 1.29 is 9.59 Å². The average molecular weight is 347 g/mol. The number of Topliss-reactive ketones (excluding diaryl/α,β-unsaturated/α-hetero) is 1. The van der Waals surface area contributed by atoms with Gasteiger partial charge in [0.05, 0.1) is 0 Å². The third kappa shape index (κ3) is 3.01. The number of piperidine rings is 1. The molecule has 1 saturated heterocycles. The molecule has 1 fully saturated rings. The molecule has 0 aliphatic carbocycles. The van der Waals surface area contributed by atoms with Crippen LogP contribution in [0.4, 0.5) is 0 Å². The molecular formula is C21H21N3O2. The van der Waals surface area contributed by atoms with Crippen LogP contribution in [0, 0.1) is 5.92 Å². The molecule has 0 spiro atoms. The summed E-state index contributed by atoms with van der Waals surface area (Å²) in [7, 11) is 1.97.